The zero-order valence-electron chi connectivity index (χ0n) is 10.9. The number of rotatable bonds is 5. The van der Waals surface area contributed by atoms with Crippen molar-refractivity contribution in [2.45, 2.75) is 13.2 Å². The van der Waals surface area contributed by atoms with Gasteiger partial charge in [-0.05, 0) is 12.1 Å². The Bertz CT molecular complexity index is 602. The molecule has 0 aromatic heterocycles. The molecular formula is C15H14F3NO. The maximum Gasteiger partial charge on any atom is 0.161 e. The van der Waals surface area contributed by atoms with Gasteiger partial charge < -0.3 is 10.1 Å². The lowest BCUT2D eigenvalue weighted by molar-refractivity contribution is 0.185. The minimum absolute atomic E-state index is 0.0593. The van der Waals surface area contributed by atoms with Crippen LogP contribution < -0.4 is 5.32 Å². The molecule has 0 bridgehead atoms. The molecule has 0 heterocycles. The SMILES string of the molecule is COCc1ccccc1NCc1cc(F)c(F)cc1F. The molecule has 2 rings (SSSR count). The van der Waals surface area contributed by atoms with Crippen LogP contribution in [0, 0.1) is 17.5 Å². The van der Waals surface area contributed by atoms with Gasteiger partial charge in [-0.15, -0.1) is 0 Å². The molecule has 0 radical (unpaired) electrons. The normalized spacial score (nSPS) is 10.6. The Morgan fingerprint density at radius 3 is 2.40 bits per heavy atom. The molecule has 2 nitrogen and oxygen atoms in total. The molecule has 0 fully saturated rings. The first-order valence-corrected chi connectivity index (χ1v) is 6.06. The highest BCUT2D eigenvalue weighted by atomic mass is 19.2. The Labute approximate surface area is 115 Å². The molecule has 0 saturated carbocycles. The van der Waals surface area contributed by atoms with Gasteiger partial charge in [0.2, 0.25) is 0 Å². The second-order valence-electron chi connectivity index (χ2n) is 4.30. The average molecular weight is 281 g/mol. The van der Waals surface area contributed by atoms with Crippen molar-refractivity contribution < 1.29 is 17.9 Å². The summed E-state index contributed by atoms with van der Waals surface area (Å²) in [7, 11) is 1.58. The van der Waals surface area contributed by atoms with E-state index in [9.17, 15) is 13.2 Å². The molecule has 0 atom stereocenters. The summed E-state index contributed by atoms with van der Waals surface area (Å²) in [4.78, 5) is 0. The molecule has 20 heavy (non-hydrogen) atoms. The minimum Gasteiger partial charge on any atom is -0.381 e. The van der Waals surface area contributed by atoms with Gasteiger partial charge >= 0.3 is 0 Å². The van der Waals surface area contributed by atoms with E-state index in [0.717, 1.165) is 17.3 Å². The number of para-hydroxylation sites is 1. The van der Waals surface area contributed by atoms with Crippen LogP contribution in [0.4, 0.5) is 18.9 Å². The van der Waals surface area contributed by atoms with Crippen LogP contribution in [0.25, 0.3) is 0 Å². The number of benzene rings is 2. The summed E-state index contributed by atoms with van der Waals surface area (Å²) in [6, 6.07) is 8.77. The molecule has 0 aliphatic carbocycles. The predicted molar refractivity (Wildman–Crippen MR) is 70.8 cm³/mol. The summed E-state index contributed by atoms with van der Waals surface area (Å²) in [5.74, 6) is -3.03. The van der Waals surface area contributed by atoms with Gasteiger partial charge in [0.25, 0.3) is 0 Å². The third-order valence-corrected chi connectivity index (χ3v) is 2.88. The smallest absolute Gasteiger partial charge is 0.161 e. The topological polar surface area (TPSA) is 21.3 Å². The van der Waals surface area contributed by atoms with Crippen molar-refractivity contribution in [1.29, 1.82) is 0 Å². The Balaban J connectivity index is 2.15. The number of ether oxygens (including phenoxy) is 1. The third kappa shape index (κ3) is 3.30. The highest BCUT2D eigenvalue weighted by molar-refractivity contribution is 5.51. The van der Waals surface area contributed by atoms with Crippen LogP contribution in [0.1, 0.15) is 11.1 Å². The van der Waals surface area contributed by atoms with E-state index in [1.165, 1.54) is 0 Å². The quantitative estimate of drug-likeness (QED) is 0.840. The van der Waals surface area contributed by atoms with Crippen LogP contribution in [-0.2, 0) is 17.9 Å². The van der Waals surface area contributed by atoms with Gasteiger partial charge in [0.1, 0.15) is 5.82 Å². The summed E-state index contributed by atoms with van der Waals surface area (Å²) in [6.45, 7) is 0.465. The fourth-order valence-electron chi connectivity index (χ4n) is 1.86. The van der Waals surface area contributed by atoms with Crippen LogP contribution in [0.15, 0.2) is 36.4 Å². The summed E-state index contributed by atoms with van der Waals surface area (Å²) in [5, 5.41) is 2.99. The van der Waals surface area contributed by atoms with Gasteiger partial charge in [0.05, 0.1) is 6.61 Å². The first-order chi connectivity index (χ1) is 9.61. The highest BCUT2D eigenvalue weighted by Crippen LogP contribution is 2.19. The Morgan fingerprint density at radius 2 is 1.65 bits per heavy atom. The zero-order chi connectivity index (χ0) is 14.5. The van der Waals surface area contributed by atoms with Gasteiger partial charge in [-0.25, -0.2) is 13.2 Å². The molecule has 5 heteroatoms. The fraction of sp³-hybridized carbons (Fsp3) is 0.200. The molecule has 0 aliphatic heterocycles. The van der Waals surface area contributed by atoms with E-state index in [-0.39, 0.29) is 12.1 Å². The van der Waals surface area contributed by atoms with Gasteiger partial charge in [0, 0.05) is 36.5 Å². The lowest BCUT2D eigenvalue weighted by Crippen LogP contribution is -2.06. The second-order valence-corrected chi connectivity index (χ2v) is 4.30. The van der Waals surface area contributed by atoms with Crippen LogP contribution in [-0.4, -0.2) is 7.11 Å². The van der Waals surface area contributed by atoms with E-state index in [4.69, 9.17) is 4.74 Å². The van der Waals surface area contributed by atoms with Crippen LogP contribution in [0.2, 0.25) is 0 Å². The van der Waals surface area contributed by atoms with Crippen LogP contribution in [0.3, 0.4) is 0 Å². The lowest BCUT2D eigenvalue weighted by Gasteiger charge is -2.12. The van der Waals surface area contributed by atoms with Crippen molar-refractivity contribution in [3.05, 3.63) is 65.0 Å². The lowest BCUT2D eigenvalue weighted by atomic mass is 10.1. The molecule has 1 N–H and O–H groups in total. The monoisotopic (exact) mass is 281 g/mol. The third-order valence-electron chi connectivity index (χ3n) is 2.88. The zero-order valence-corrected chi connectivity index (χ0v) is 10.9. The highest BCUT2D eigenvalue weighted by Gasteiger charge is 2.10. The first kappa shape index (κ1) is 14.4. The Kier molecular flexibility index (Phi) is 4.63. The van der Waals surface area contributed by atoms with E-state index >= 15 is 0 Å². The van der Waals surface area contributed by atoms with E-state index in [0.29, 0.717) is 12.7 Å². The Hall–Kier alpha value is -2.01. The molecule has 0 unspecified atom stereocenters. The number of hydrogen-bond donors (Lipinski definition) is 1. The molecule has 2 aromatic carbocycles. The van der Waals surface area contributed by atoms with Crippen LogP contribution >= 0.6 is 0 Å². The van der Waals surface area contributed by atoms with E-state index in [2.05, 4.69) is 5.32 Å². The number of nitrogens with one attached hydrogen (secondary N) is 1. The summed E-state index contributed by atoms with van der Waals surface area (Å²) >= 11 is 0. The van der Waals surface area contributed by atoms with Crippen molar-refractivity contribution in [3.63, 3.8) is 0 Å². The number of halogens is 3. The molecule has 106 valence electrons. The number of hydrogen-bond acceptors (Lipinski definition) is 2. The largest absolute Gasteiger partial charge is 0.381 e. The van der Waals surface area contributed by atoms with Crippen molar-refractivity contribution in [1.82, 2.24) is 0 Å². The van der Waals surface area contributed by atoms with Gasteiger partial charge in [-0.3, -0.25) is 0 Å². The van der Waals surface area contributed by atoms with Crippen molar-refractivity contribution in [2.24, 2.45) is 0 Å². The molecule has 0 aliphatic rings. The van der Waals surface area contributed by atoms with E-state index < -0.39 is 17.5 Å². The molecule has 0 saturated heterocycles. The minimum atomic E-state index is -1.19. The maximum atomic E-state index is 13.5. The molecule has 2 aromatic rings. The number of anilines is 1. The summed E-state index contributed by atoms with van der Waals surface area (Å²) in [6.07, 6.45) is 0. The first-order valence-electron chi connectivity index (χ1n) is 6.06. The van der Waals surface area contributed by atoms with Crippen LogP contribution in [0.5, 0.6) is 0 Å². The standard InChI is InChI=1S/C15H14F3NO/c1-20-9-10-4-2-3-5-15(10)19-8-11-6-13(17)14(18)7-12(11)16/h2-7,19H,8-9H2,1H3. The second kappa shape index (κ2) is 6.43. The van der Waals surface area contributed by atoms with Crippen molar-refractivity contribution in [3.8, 4) is 0 Å². The van der Waals surface area contributed by atoms with E-state index in [1.54, 1.807) is 7.11 Å². The molecule has 0 amide bonds. The Morgan fingerprint density at radius 1 is 0.950 bits per heavy atom. The van der Waals surface area contributed by atoms with Gasteiger partial charge in [0.15, 0.2) is 11.6 Å². The summed E-state index contributed by atoms with van der Waals surface area (Å²) in [5.41, 5.74) is 1.73. The fourth-order valence-corrected chi connectivity index (χ4v) is 1.86. The van der Waals surface area contributed by atoms with Crippen molar-refractivity contribution in [2.75, 3.05) is 12.4 Å². The average Bonchev–Trinajstić information content (AvgIpc) is 2.43. The maximum absolute atomic E-state index is 13.5. The molecule has 0 spiro atoms. The molecular weight excluding hydrogens is 267 g/mol. The van der Waals surface area contributed by atoms with E-state index in [1.807, 2.05) is 24.3 Å². The number of methoxy groups -OCH3 is 1. The van der Waals surface area contributed by atoms with Crippen molar-refractivity contribution >= 4 is 5.69 Å². The predicted octanol–water partition coefficient (Wildman–Crippen LogP) is 3.86. The summed E-state index contributed by atoms with van der Waals surface area (Å²) < 4.78 is 44.5. The van der Waals surface area contributed by atoms with Gasteiger partial charge in [-0.2, -0.15) is 0 Å². The van der Waals surface area contributed by atoms with Gasteiger partial charge in [-0.1, -0.05) is 18.2 Å².